The van der Waals surface area contributed by atoms with Gasteiger partial charge in [0, 0.05) is 19.2 Å². The average molecular weight is 442 g/mol. The minimum Gasteiger partial charge on any atom is -0.391 e. The Morgan fingerprint density at radius 1 is 1.20 bits per heavy atom. The van der Waals surface area contributed by atoms with E-state index >= 15 is 0 Å². The molecule has 0 aliphatic heterocycles. The molecule has 2 aromatic rings. The molecular formula is C19H27N3O7S. The zero-order chi connectivity index (χ0) is 22.5. The molecule has 0 atom stereocenters. The molecule has 0 saturated carbocycles. The fourth-order valence-corrected chi connectivity index (χ4v) is 4.53. The van der Waals surface area contributed by atoms with Crippen molar-refractivity contribution in [3.8, 4) is 5.69 Å². The van der Waals surface area contributed by atoms with Crippen molar-refractivity contribution in [3.05, 3.63) is 50.0 Å². The maximum Gasteiger partial charge on any atom is 0.297 e. The molecule has 11 heteroatoms. The Labute approximate surface area is 174 Å². The van der Waals surface area contributed by atoms with E-state index in [1.54, 1.807) is 0 Å². The minimum absolute atomic E-state index is 0.0219. The van der Waals surface area contributed by atoms with E-state index in [-0.39, 0.29) is 21.9 Å². The summed E-state index contributed by atoms with van der Waals surface area (Å²) < 4.78 is 33.5. The van der Waals surface area contributed by atoms with E-state index < -0.39 is 32.8 Å². The summed E-state index contributed by atoms with van der Waals surface area (Å²) in [6.45, 7) is 5.43. The highest BCUT2D eigenvalue weighted by molar-refractivity contribution is 7.89. The largest absolute Gasteiger partial charge is 0.391 e. The van der Waals surface area contributed by atoms with Crippen molar-refractivity contribution in [2.45, 2.75) is 58.0 Å². The molecule has 10 nitrogen and oxygen atoms in total. The van der Waals surface area contributed by atoms with Crippen LogP contribution >= 0.6 is 0 Å². The highest BCUT2D eigenvalue weighted by Gasteiger charge is 2.29. The van der Waals surface area contributed by atoms with Gasteiger partial charge in [0.2, 0.25) is 10.0 Å². The predicted octanol–water partition coefficient (Wildman–Crippen LogP) is 2.73. The number of hydrogen-bond donors (Lipinski definition) is 1. The molecule has 0 aliphatic rings. The van der Waals surface area contributed by atoms with Gasteiger partial charge in [0.1, 0.15) is 5.76 Å². The second kappa shape index (κ2) is 10.0. The minimum atomic E-state index is -3.95. The third-order valence-corrected chi connectivity index (χ3v) is 6.67. The van der Waals surface area contributed by atoms with Gasteiger partial charge in [0.05, 0.1) is 22.0 Å². The van der Waals surface area contributed by atoms with Crippen LogP contribution in [0.1, 0.15) is 50.9 Å². The Kier molecular flexibility index (Phi) is 7.93. The van der Waals surface area contributed by atoms with Gasteiger partial charge in [0.25, 0.3) is 11.2 Å². The maximum atomic E-state index is 13.1. The highest BCUT2D eigenvalue weighted by atomic mass is 32.2. The number of hydrogen-bond acceptors (Lipinski definition) is 7. The second-order valence-electron chi connectivity index (χ2n) is 6.90. The Bertz CT molecular complexity index is 1050. The molecule has 1 aromatic carbocycles. The van der Waals surface area contributed by atoms with Gasteiger partial charge < -0.3 is 9.63 Å². The molecule has 1 aromatic heterocycles. The average Bonchev–Trinajstić information content (AvgIpc) is 3.00. The Morgan fingerprint density at radius 2 is 1.80 bits per heavy atom. The van der Waals surface area contributed by atoms with E-state index in [0.717, 1.165) is 18.9 Å². The first-order valence-corrected chi connectivity index (χ1v) is 11.2. The molecule has 1 N–H and O–H groups in total. The fourth-order valence-electron chi connectivity index (χ4n) is 3.00. The lowest BCUT2D eigenvalue weighted by Crippen LogP contribution is -2.33. The number of nitro groups is 1. The molecule has 2 rings (SSSR count). The highest BCUT2D eigenvalue weighted by Crippen LogP contribution is 2.28. The van der Waals surface area contributed by atoms with Crippen LogP contribution in [0.5, 0.6) is 0 Å². The van der Waals surface area contributed by atoms with Crippen molar-refractivity contribution in [2.24, 2.45) is 0 Å². The summed E-state index contributed by atoms with van der Waals surface area (Å²) in [5, 5.41) is 21.0. The molecular weight excluding hydrogens is 414 g/mol. The fraction of sp³-hybridized carbons (Fsp3) is 0.526. The third-order valence-electron chi connectivity index (χ3n) is 4.78. The zero-order valence-electron chi connectivity index (χ0n) is 17.3. The van der Waals surface area contributed by atoms with Crippen molar-refractivity contribution in [1.29, 1.82) is 0 Å². The SMILES string of the molecule is CCCCN(CCCC)S(=O)(=O)c1ccc(-n2oc(C)c(CO)c2=O)c([N+](=O)[O-])c1. The predicted molar refractivity (Wildman–Crippen MR) is 110 cm³/mol. The third kappa shape index (κ3) is 4.79. The molecule has 0 saturated heterocycles. The summed E-state index contributed by atoms with van der Waals surface area (Å²) in [6.07, 6.45) is 2.97. The van der Waals surface area contributed by atoms with Crippen LogP contribution in [0.3, 0.4) is 0 Å². The molecule has 166 valence electrons. The van der Waals surface area contributed by atoms with E-state index in [0.29, 0.717) is 30.7 Å². The Morgan fingerprint density at radius 3 is 2.27 bits per heavy atom. The van der Waals surface area contributed by atoms with Crippen LogP contribution in [0.2, 0.25) is 0 Å². The number of aryl methyl sites for hydroxylation is 1. The van der Waals surface area contributed by atoms with Crippen molar-refractivity contribution in [2.75, 3.05) is 13.1 Å². The summed E-state index contributed by atoms with van der Waals surface area (Å²) in [7, 11) is -3.95. The Hall–Kier alpha value is -2.50. The smallest absolute Gasteiger partial charge is 0.297 e. The van der Waals surface area contributed by atoms with Gasteiger partial charge in [-0.2, -0.15) is 4.31 Å². The second-order valence-corrected chi connectivity index (χ2v) is 8.84. The van der Waals surface area contributed by atoms with Crippen LogP contribution in [-0.4, -0.2) is 40.6 Å². The maximum absolute atomic E-state index is 13.1. The quantitative estimate of drug-likeness (QED) is 0.418. The van der Waals surface area contributed by atoms with Gasteiger partial charge in [-0.15, -0.1) is 4.74 Å². The molecule has 0 aliphatic carbocycles. The van der Waals surface area contributed by atoms with Crippen LogP contribution < -0.4 is 5.56 Å². The van der Waals surface area contributed by atoms with E-state index in [4.69, 9.17) is 4.52 Å². The number of aromatic nitrogens is 1. The monoisotopic (exact) mass is 441 g/mol. The molecule has 0 amide bonds. The summed E-state index contributed by atoms with van der Waals surface area (Å²) >= 11 is 0. The van der Waals surface area contributed by atoms with Gasteiger partial charge in [-0.3, -0.25) is 14.9 Å². The van der Waals surface area contributed by atoms with Gasteiger partial charge in [-0.25, -0.2) is 8.42 Å². The summed E-state index contributed by atoms with van der Waals surface area (Å²) in [6, 6.07) is 3.35. The number of aliphatic hydroxyl groups is 1. The van der Waals surface area contributed by atoms with E-state index in [2.05, 4.69) is 0 Å². The molecule has 0 unspecified atom stereocenters. The van der Waals surface area contributed by atoms with Gasteiger partial charge >= 0.3 is 0 Å². The molecule has 0 fully saturated rings. The van der Waals surface area contributed by atoms with Crippen molar-refractivity contribution >= 4 is 15.7 Å². The number of aliphatic hydroxyl groups excluding tert-OH is 1. The standard InChI is InChI=1S/C19H27N3O7S/c1-4-6-10-20(11-7-5-2)30(27,28)15-8-9-17(18(12-15)22(25)26)21-19(24)16(13-23)14(3)29-21/h8-9,12,23H,4-7,10-11,13H2,1-3H3. The summed E-state index contributed by atoms with van der Waals surface area (Å²) in [4.78, 5) is 23.1. The number of benzene rings is 1. The molecule has 1 heterocycles. The normalized spacial score (nSPS) is 11.9. The number of sulfonamides is 1. The molecule has 0 radical (unpaired) electrons. The van der Waals surface area contributed by atoms with E-state index in [9.17, 15) is 28.4 Å². The Balaban J connectivity index is 2.57. The molecule has 0 bridgehead atoms. The lowest BCUT2D eigenvalue weighted by atomic mass is 10.2. The van der Waals surface area contributed by atoms with Gasteiger partial charge in [-0.1, -0.05) is 26.7 Å². The van der Waals surface area contributed by atoms with Crippen molar-refractivity contribution in [3.63, 3.8) is 0 Å². The first-order valence-electron chi connectivity index (χ1n) is 9.80. The lowest BCUT2D eigenvalue weighted by molar-refractivity contribution is -0.385. The summed E-state index contributed by atoms with van der Waals surface area (Å²) in [5.74, 6) is 0.124. The zero-order valence-corrected chi connectivity index (χ0v) is 18.1. The number of rotatable bonds is 11. The van der Waals surface area contributed by atoms with Crippen LogP contribution in [-0.2, 0) is 16.6 Å². The van der Waals surface area contributed by atoms with Crippen molar-refractivity contribution in [1.82, 2.24) is 9.05 Å². The molecule has 30 heavy (non-hydrogen) atoms. The van der Waals surface area contributed by atoms with E-state index in [1.807, 2.05) is 13.8 Å². The number of unbranched alkanes of at least 4 members (excludes halogenated alkanes) is 2. The van der Waals surface area contributed by atoms with Gasteiger partial charge in [0.15, 0.2) is 5.69 Å². The number of nitro benzene ring substituents is 1. The van der Waals surface area contributed by atoms with Crippen molar-refractivity contribution < 1.29 is 23.0 Å². The van der Waals surface area contributed by atoms with Crippen LogP contribution in [0.25, 0.3) is 5.69 Å². The first-order chi connectivity index (χ1) is 14.2. The van der Waals surface area contributed by atoms with Crippen LogP contribution in [0, 0.1) is 17.0 Å². The molecule has 0 spiro atoms. The lowest BCUT2D eigenvalue weighted by Gasteiger charge is -2.22. The van der Waals surface area contributed by atoms with Crippen LogP contribution in [0.15, 0.2) is 32.4 Å². The summed E-state index contributed by atoms with van der Waals surface area (Å²) in [5.41, 5.74) is -1.55. The van der Waals surface area contributed by atoms with Crippen LogP contribution in [0.4, 0.5) is 5.69 Å². The number of nitrogens with zero attached hydrogens (tertiary/aromatic N) is 3. The first kappa shape index (κ1) is 23.8. The van der Waals surface area contributed by atoms with Gasteiger partial charge in [-0.05, 0) is 31.9 Å². The topological polar surface area (TPSA) is 136 Å². The van der Waals surface area contributed by atoms with E-state index in [1.165, 1.54) is 23.4 Å².